The quantitative estimate of drug-likeness (QED) is 0.593. The van der Waals surface area contributed by atoms with E-state index in [4.69, 9.17) is 0 Å². The molecule has 1 N–H and O–H groups in total. The van der Waals surface area contributed by atoms with E-state index in [1.54, 1.807) is 11.0 Å². The Hall–Kier alpha value is -0.830. The van der Waals surface area contributed by atoms with Crippen molar-refractivity contribution >= 4 is 5.91 Å². The molecular weight excluding hydrogens is 152 g/mol. The summed E-state index contributed by atoms with van der Waals surface area (Å²) in [5.41, 5.74) is 0. The van der Waals surface area contributed by atoms with Crippen LogP contribution in [0.4, 0.5) is 0 Å². The SMILES string of the molecule is C=CCN(CC)C(=O)CNCC. The third-order valence-corrected chi connectivity index (χ3v) is 1.61. The monoisotopic (exact) mass is 170 g/mol. The van der Waals surface area contributed by atoms with Gasteiger partial charge in [0, 0.05) is 13.1 Å². The molecule has 1 amide bonds. The Labute approximate surface area is 74.4 Å². The lowest BCUT2D eigenvalue weighted by Gasteiger charge is -2.18. The first-order valence-corrected chi connectivity index (χ1v) is 4.35. The van der Waals surface area contributed by atoms with Crippen LogP contribution in [0.5, 0.6) is 0 Å². The van der Waals surface area contributed by atoms with Crippen LogP contribution in [0.3, 0.4) is 0 Å². The summed E-state index contributed by atoms with van der Waals surface area (Å²) in [6.45, 7) is 10.2. The van der Waals surface area contributed by atoms with Gasteiger partial charge in [-0.15, -0.1) is 6.58 Å². The van der Waals surface area contributed by atoms with Crippen molar-refractivity contribution in [3.63, 3.8) is 0 Å². The minimum atomic E-state index is 0.138. The minimum Gasteiger partial charge on any atom is -0.338 e. The number of carbonyl (C=O) groups is 1. The van der Waals surface area contributed by atoms with Gasteiger partial charge in [-0.2, -0.15) is 0 Å². The molecule has 0 saturated carbocycles. The van der Waals surface area contributed by atoms with Crippen LogP contribution in [0.1, 0.15) is 13.8 Å². The maximum atomic E-state index is 11.3. The largest absolute Gasteiger partial charge is 0.338 e. The van der Waals surface area contributed by atoms with Crippen molar-refractivity contribution < 1.29 is 4.79 Å². The van der Waals surface area contributed by atoms with E-state index in [9.17, 15) is 4.79 Å². The van der Waals surface area contributed by atoms with Crippen LogP contribution in [-0.4, -0.2) is 37.0 Å². The van der Waals surface area contributed by atoms with Gasteiger partial charge in [0.2, 0.25) is 5.91 Å². The van der Waals surface area contributed by atoms with E-state index < -0.39 is 0 Å². The Morgan fingerprint density at radius 3 is 2.67 bits per heavy atom. The third-order valence-electron chi connectivity index (χ3n) is 1.61. The zero-order valence-electron chi connectivity index (χ0n) is 7.97. The molecule has 0 unspecified atom stereocenters. The van der Waals surface area contributed by atoms with E-state index in [-0.39, 0.29) is 5.91 Å². The van der Waals surface area contributed by atoms with Crippen molar-refractivity contribution in [3.8, 4) is 0 Å². The molecule has 0 rings (SSSR count). The number of amides is 1. The summed E-state index contributed by atoms with van der Waals surface area (Å²) in [6.07, 6.45) is 1.74. The number of hydrogen-bond donors (Lipinski definition) is 1. The second-order valence-electron chi connectivity index (χ2n) is 2.50. The molecule has 0 aliphatic rings. The van der Waals surface area contributed by atoms with Gasteiger partial charge >= 0.3 is 0 Å². The molecule has 0 atom stereocenters. The zero-order chi connectivity index (χ0) is 9.40. The molecule has 0 aliphatic heterocycles. The first kappa shape index (κ1) is 11.2. The highest BCUT2D eigenvalue weighted by molar-refractivity contribution is 5.78. The van der Waals surface area contributed by atoms with Crippen LogP contribution in [0, 0.1) is 0 Å². The Bertz CT molecular complexity index is 145. The molecule has 3 nitrogen and oxygen atoms in total. The molecule has 0 fully saturated rings. The first-order valence-electron chi connectivity index (χ1n) is 4.35. The second-order valence-corrected chi connectivity index (χ2v) is 2.50. The highest BCUT2D eigenvalue weighted by Crippen LogP contribution is 1.88. The lowest BCUT2D eigenvalue weighted by atomic mass is 10.4. The Morgan fingerprint density at radius 1 is 1.58 bits per heavy atom. The lowest BCUT2D eigenvalue weighted by molar-refractivity contribution is -0.129. The van der Waals surface area contributed by atoms with Gasteiger partial charge < -0.3 is 10.2 Å². The summed E-state index contributed by atoms with van der Waals surface area (Å²) in [5.74, 6) is 0.138. The molecule has 0 radical (unpaired) electrons. The van der Waals surface area contributed by atoms with Crippen LogP contribution in [-0.2, 0) is 4.79 Å². The van der Waals surface area contributed by atoms with E-state index in [1.807, 2.05) is 13.8 Å². The van der Waals surface area contributed by atoms with E-state index in [0.29, 0.717) is 13.1 Å². The topological polar surface area (TPSA) is 32.3 Å². The maximum Gasteiger partial charge on any atom is 0.236 e. The van der Waals surface area contributed by atoms with Crippen LogP contribution in [0.25, 0.3) is 0 Å². The second kappa shape index (κ2) is 6.85. The van der Waals surface area contributed by atoms with Gasteiger partial charge in [-0.25, -0.2) is 0 Å². The number of rotatable bonds is 6. The number of hydrogen-bond acceptors (Lipinski definition) is 2. The number of likely N-dealkylation sites (N-methyl/N-ethyl adjacent to an activating group) is 2. The molecule has 3 heteroatoms. The Morgan fingerprint density at radius 2 is 2.25 bits per heavy atom. The molecule has 0 saturated heterocycles. The Kier molecular flexibility index (Phi) is 6.38. The average molecular weight is 170 g/mol. The van der Waals surface area contributed by atoms with Gasteiger partial charge in [-0.1, -0.05) is 13.0 Å². The molecule has 0 bridgehead atoms. The smallest absolute Gasteiger partial charge is 0.236 e. The summed E-state index contributed by atoms with van der Waals surface area (Å²) >= 11 is 0. The molecule has 0 spiro atoms. The molecule has 0 aromatic heterocycles. The molecule has 0 aromatic carbocycles. The molecular formula is C9H18N2O. The number of carbonyl (C=O) groups excluding carboxylic acids is 1. The third kappa shape index (κ3) is 4.13. The predicted octanol–water partition coefficient (Wildman–Crippen LogP) is 0.630. The summed E-state index contributed by atoms with van der Waals surface area (Å²) < 4.78 is 0. The van der Waals surface area contributed by atoms with Gasteiger partial charge in [-0.05, 0) is 13.5 Å². The maximum absolute atomic E-state index is 11.3. The first-order chi connectivity index (χ1) is 5.76. The average Bonchev–Trinajstić information content (AvgIpc) is 2.10. The standard InChI is InChI=1S/C9H18N2O/c1-4-7-11(6-3)9(12)8-10-5-2/h4,10H,1,5-8H2,2-3H3. The van der Waals surface area contributed by atoms with Crippen LogP contribution >= 0.6 is 0 Å². The van der Waals surface area contributed by atoms with Crippen LogP contribution < -0.4 is 5.32 Å². The van der Waals surface area contributed by atoms with Crippen molar-refractivity contribution in [1.82, 2.24) is 10.2 Å². The van der Waals surface area contributed by atoms with E-state index in [1.165, 1.54) is 0 Å². The van der Waals surface area contributed by atoms with Gasteiger partial charge in [0.25, 0.3) is 0 Å². The zero-order valence-corrected chi connectivity index (χ0v) is 7.97. The van der Waals surface area contributed by atoms with E-state index >= 15 is 0 Å². The molecule has 0 aromatic rings. The fourth-order valence-corrected chi connectivity index (χ4v) is 0.907. The van der Waals surface area contributed by atoms with Crippen molar-refractivity contribution in [2.75, 3.05) is 26.2 Å². The summed E-state index contributed by atoms with van der Waals surface area (Å²) in [5, 5.41) is 3.00. The summed E-state index contributed by atoms with van der Waals surface area (Å²) in [4.78, 5) is 13.1. The molecule has 70 valence electrons. The number of nitrogens with zero attached hydrogens (tertiary/aromatic N) is 1. The predicted molar refractivity (Wildman–Crippen MR) is 51.0 cm³/mol. The van der Waals surface area contributed by atoms with Gasteiger partial charge in [-0.3, -0.25) is 4.79 Å². The van der Waals surface area contributed by atoms with Gasteiger partial charge in [0.15, 0.2) is 0 Å². The van der Waals surface area contributed by atoms with Crippen molar-refractivity contribution in [2.24, 2.45) is 0 Å². The molecule has 12 heavy (non-hydrogen) atoms. The van der Waals surface area contributed by atoms with Crippen LogP contribution in [0.15, 0.2) is 12.7 Å². The highest BCUT2D eigenvalue weighted by atomic mass is 16.2. The van der Waals surface area contributed by atoms with Gasteiger partial charge in [0.05, 0.1) is 6.54 Å². The number of nitrogens with one attached hydrogen (secondary N) is 1. The molecule has 0 heterocycles. The lowest BCUT2D eigenvalue weighted by Crippen LogP contribution is -2.38. The van der Waals surface area contributed by atoms with E-state index in [2.05, 4.69) is 11.9 Å². The highest BCUT2D eigenvalue weighted by Gasteiger charge is 2.07. The Balaban J connectivity index is 3.76. The fourth-order valence-electron chi connectivity index (χ4n) is 0.907. The van der Waals surface area contributed by atoms with Gasteiger partial charge in [0.1, 0.15) is 0 Å². The van der Waals surface area contributed by atoms with Crippen LogP contribution in [0.2, 0.25) is 0 Å². The van der Waals surface area contributed by atoms with Crippen molar-refractivity contribution in [2.45, 2.75) is 13.8 Å². The molecule has 0 aliphatic carbocycles. The van der Waals surface area contributed by atoms with Crippen molar-refractivity contribution in [3.05, 3.63) is 12.7 Å². The summed E-state index contributed by atoms with van der Waals surface area (Å²) in [6, 6.07) is 0. The van der Waals surface area contributed by atoms with E-state index in [0.717, 1.165) is 13.1 Å². The fraction of sp³-hybridized carbons (Fsp3) is 0.667. The normalized spacial score (nSPS) is 9.50. The summed E-state index contributed by atoms with van der Waals surface area (Å²) in [7, 11) is 0. The minimum absolute atomic E-state index is 0.138. The van der Waals surface area contributed by atoms with Crippen molar-refractivity contribution in [1.29, 1.82) is 0 Å².